The zero-order valence-electron chi connectivity index (χ0n) is 12.3. The number of hydrogen-bond donors (Lipinski definition) is 0. The van der Waals surface area contributed by atoms with E-state index in [0.717, 1.165) is 10.9 Å². The Kier molecular flexibility index (Phi) is 2.90. The Morgan fingerprint density at radius 1 is 0.542 bits per heavy atom. The maximum atomic E-state index is 5.95. The van der Waals surface area contributed by atoms with Crippen LogP contribution in [0.5, 0.6) is 0 Å². The zero-order chi connectivity index (χ0) is 16.3. The van der Waals surface area contributed by atoms with Crippen LogP contribution in [0.2, 0.25) is 10.6 Å². The molecule has 4 aromatic rings. The second-order valence-corrected chi connectivity index (χ2v) is 6.31. The summed E-state index contributed by atoms with van der Waals surface area (Å²) in [6.07, 6.45) is 0. The van der Waals surface area contributed by atoms with Gasteiger partial charge in [-0.15, -0.1) is 0 Å². The second-order valence-electron chi connectivity index (χ2n) is 5.63. The Morgan fingerprint density at radius 2 is 1.12 bits per heavy atom. The summed E-state index contributed by atoms with van der Waals surface area (Å²) in [6, 6.07) is 18.8. The second kappa shape index (κ2) is 5.00. The van der Waals surface area contributed by atoms with E-state index in [4.69, 9.17) is 23.2 Å². The SMILES string of the molecule is Clc1nc(Cl)nc(-c2ccc3c4c(cccc24)-c2ccccc2-3)n1. The largest absolute Gasteiger partial charge is 0.227 e. The topological polar surface area (TPSA) is 38.7 Å². The minimum Gasteiger partial charge on any atom is -0.198 e. The van der Waals surface area contributed by atoms with E-state index in [-0.39, 0.29) is 10.6 Å². The van der Waals surface area contributed by atoms with E-state index >= 15 is 0 Å². The van der Waals surface area contributed by atoms with E-state index in [9.17, 15) is 0 Å². The molecule has 1 heterocycles. The fourth-order valence-corrected chi connectivity index (χ4v) is 3.81. The molecule has 114 valence electrons. The molecular formula is C19H9Cl2N3. The highest BCUT2D eigenvalue weighted by molar-refractivity contribution is 6.31. The number of halogens is 2. The smallest absolute Gasteiger partial charge is 0.198 e. The predicted molar refractivity (Wildman–Crippen MR) is 97.2 cm³/mol. The molecule has 0 atom stereocenters. The molecule has 1 aliphatic carbocycles. The van der Waals surface area contributed by atoms with Crippen LogP contribution in [0.3, 0.4) is 0 Å². The standard InChI is InChI=1S/C19H9Cl2N3/c20-18-22-17(23-19(21)24-18)15-9-8-14-11-5-2-1-4-10(11)12-6-3-7-13(15)16(12)14/h1-9H. The molecule has 0 saturated carbocycles. The van der Waals surface area contributed by atoms with Crippen molar-refractivity contribution >= 4 is 34.0 Å². The highest BCUT2D eigenvalue weighted by atomic mass is 35.5. The van der Waals surface area contributed by atoms with Crippen molar-refractivity contribution in [3.05, 3.63) is 65.2 Å². The first-order valence-electron chi connectivity index (χ1n) is 7.45. The van der Waals surface area contributed by atoms with Gasteiger partial charge in [0.05, 0.1) is 0 Å². The van der Waals surface area contributed by atoms with Crippen LogP contribution >= 0.6 is 23.2 Å². The molecule has 5 rings (SSSR count). The van der Waals surface area contributed by atoms with Crippen LogP contribution in [-0.4, -0.2) is 15.0 Å². The van der Waals surface area contributed by atoms with Crippen LogP contribution in [0.25, 0.3) is 44.4 Å². The number of rotatable bonds is 1. The Bertz CT molecular complexity index is 1090. The number of aromatic nitrogens is 3. The van der Waals surface area contributed by atoms with Crippen molar-refractivity contribution in [2.45, 2.75) is 0 Å². The number of benzene rings is 3. The van der Waals surface area contributed by atoms with Crippen LogP contribution in [0.1, 0.15) is 0 Å². The van der Waals surface area contributed by atoms with Crippen molar-refractivity contribution in [2.75, 3.05) is 0 Å². The van der Waals surface area contributed by atoms with Crippen LogP contribution in [0, 0.1) is 0 Å². The van der Waals surface area contributed by atoms with Crippen molar-refractivity contribution in [1.29, 1.82) is 0 Å². The zero-order valence-corrected chi connectivity index (χ0v) is 13.8. The fourth-order valence-electron chi connectivity index (χ4n) is 3.45. The van der Waals surface area contributed by atoms with Crippen molar-refractivity contribution in [3.8, 4) is 33.6 Å². The van der Waals surface area contributed by atoms with Gasteiger partial charge in [0, 0.05) is 5.56 Å². The van der Waals surface area contributed by atoms with Gasteiger partial charge in [0.15, 0.2) is 5.82 Å². The summed E-state index contributed by atoms with van der Waals surface area (Å²) in [5, 5.41) is 2.48. The lowest BCUT2D eigenvalue weighted by molar-refractivity contribution is 1.06. The van der Waals surface area contributed by atoms with Gasteiger partial charge in [0.25, 0.3) is 0 Å². The molecule has 5 heteroatoms. The molecule has 0 saturated heterocycles. The minimum atomic E-state index is 0.0940. The summed E-state index contributed by atoms with van der Waals surface area (Å²) < 4.78 is 0. The fraction of sp³-hybridized carbons (Fsp3) is 0. The lowest BCUT2D eigenvalue weighted by atomic mass is 9.98. The molecule has 0 radical (unpaired) electrons. The maximum absolute atomic E-state index is 5.95. The van der Waals surface area contributed by atoms with E-state index in [0.29, 0.717) is 5.82 Å². The summed E-state index contributed by atoms with van der Waals surface area (Å²) in [6.45, 7) is 0. The van der Waals surface area contributed by atoms with Gasteiger partial charge < -0.3 is 0 Å². The Balaban J connectivity index is 1.88. The van der Waals surface area contributed by atoms with Crippen LogP contribution in [-0.2, 0) is 0 Å². The van der Waals surface area contributed by atoms with Crippen LogP contribution < -0.4 is 0 Å². The van der Waals surface area contributed by atoms with E-state index in [1.807, 2.05) is 6.07 Å². The Labute approximate surface area is 147 Å². The molecule has 3 nitrogen and oxygen atoms in total. The van der Waals surface area contributed by atoms with Gasteiger partial charge in [-0.05, 0) is 62.3 Å². The van der Waals surface area contributed by atoms with Crippen LogP contribution in [0.15, 0.2) is 54.6 Å². The highest BCUT2D eigenvalue weighted by Gasteiger charge is 2.22. The molecule has 0 amide bonds. The summed E-state index contributed by atoms with van der Waals surface area (Å²) in [7, 11) is 0. The Morgan fingerprint density at radius 3 is 1.83 bits per heavy atom. The molecule has 0 spiro atoms. The molecule has 1 aliphatic rings. The van der Waals surface area contributed by atoms with Crippen molar-refractivity contribution in [1.82, 2.24) is 15.0 Å². The molecule has 3 aromatic carbocycles. The first kappa shape index (κ1) is 13.9. The van der Waals surface area contributed by atoms with E-state index in [1.165, 1.54) is 27.6 Å². The van der Waals surface area contributed by atoms with Crippen molar-refractivity contribution < 1.29 is 0 Å². The molecule has 0 fully saturated rings. The van der Waals surface area contributed by atoms with Gasteiger partial charge in [-0.2, -0.15) is 15.0 Å². The molecule has 1 aromatic heterocycles. The van der Waals surface area contributed by atoms with Gasteiger partial charge in [0.1, 0.15) is 0 Å². The first-order chi connectivity index (χ1) is 11.7. The molecule has 0 aliphatic heterocycles. The summed E-state index contributed by atoms with van der Waals surface area (Å²) in [4.78, 5) is 12.3. The van der Waals surface area contributed by atoms with E-state index in [2.05, 4.69) is 63.5 Å². The highest BCUT2D eigenvalue weighted by Crippen LogP contribution is 2.48. The lowest BCUT2D eigenvalue weighted by Gasteiger charge is -2.08. The maximum Gasteiger partial charge on any atom is 0.227 e. The third kappa shape index (κ3) is 1.89. The predicted octanol–water partition coefficient (Wildman–Crippen LogP) is 5.65. The van der Waals surface area contributed by atoms with Gasteiger partial charge in [0.2, 0.25) is 10.6 Å². The normalized spacial score (nSPS) is 11.8. The summed E-state index contributed by atoms with van der Waals surface area (Å²) >= 11 is 11.9. The van der Waals surface area contributed by atoms with Gasteiger partial charge in [-0.3, -0.25) is 0 Å². The quantitative estimate of drug-likeness (QED) is 0.392. The molecular weight excluding hydrogens is 341 g/mol. The molecule has 0 N–H and O–H groups in total. The number of fused-ring (bicyclic) bond motifs is 3. The van der Waals surface area contributed by atoms with Crippen LogP contribution in [0.4, 0.5) is 0 Å². The molecule has 0 unspecified atom stereocenters. The minimum absolute atomic E-state index is 0.0940. The van der Waals surface area contributed by atoms with Gasteiger partial charge in [-0.25, -0.2) is 0 Å². The summed E-state index contributed by atoms with van der Waals surface area (Å²) in [5.74, 6) is 0.486. The van der Waals surface area contributed by atoms with Gasteiger partial charge in [-0.1, -0.05) is 48.5 Å². The summed E-state index contributed by atoms with van der Waals surface area (Å²) in [5.41, 5.74) is 5.86. The third-order valence-corrected chi connectivity index (χ3v) is 4.71. The van der Waals surface area contributed by atoms with E-state index in [1.54, 1.807) is 0 Å². The number of hydrogen-bond acceptors (Lipinski definition) is 3. The first-order valence-corrected chi connectivity index (χ1v) is 8.21. The van der Waals surface area contributed by atoms with Crippen molar-refractivity contribution in [2.24, 2.45) is 0 Å². The van der Waals surface area contributed by atoms with Gasteiger partial charge >= 0.3 is 0 Å². The average molecular weight is 350 g/mol. The average Bonchev–Trinajstić information content (AvgIpc) is 2.91. The molecule has 24 heavy (non-hydrogen) atoms. The van der Waals surface area contributed by atoms with E-state index < -0.39 is 0 Å². The third-order valence-electron chi connectivity index (χ3n) is 4.37. The molecule has 0 bridgehead atoms. The monoisotopic (exact) mass is 349 g/mol. The van der Waals surface area contributed by atoms with Crippen molar-refractivity contribution in [3.63, 3.8) is 0 Å². The Hall–Kier alpha value is -2.49. The number of nitrogens with zero attached hydrogens (tertiary/aromatic N) is 3. The lowest BCUT2D eigenvalue weighted by Crippen LogP contribution is -1.94.